The Morgan fingerprint density at radius 2 is 1.23 bits per heavy atom. The molecule has 0 spiro atoms. The highest BCUT2D eigenvalue weighted by Gasteiger charge is 2.17. The van der Waals surface area contributed by atoms with Gasteiger partial charge in [0.05, 0.1) is 32.1 Å². The summed E-state index contributed by atoms with van der Waals surface area (Å²) in [6, 6.07) is 10.9. The maximum absolute atomic E-state index is 13.2. The minimum atomic E-state index is -0.869. The average molecular weight is 598 g/mol. The Labute approximate surface area is 257 Å². The second-order valence-corrected chi connectivity index (χ2v) is 10.6. The number of unbranched alkanes of at least 4 members (excludes halogenated alkanes) is 6. The molecule has 0 atom stereocenters. The van der Waals surface area contributed by atoms with Crippen molar-refractivity contribution in [3.05, 3.63) is 47.5 Å². The van der Waals surface area contributed by atoms with Crippen LogP contribution in [0.15, 0.2) is 42.0 Å². The van der Waals surface area contributed by atoms with E-state index in [0.29, 0.717) is 60.5 Å². The standard InChI is InChI=1S/C35H51NO7/c1-5-8-13-20-41-31-25-28(26-32(42-21-14-9-6-2)34(31)43-22-15-10-7-3)24-27(4)35(39)36-29-17-11-12-18-30(29)40-23-16-19-33(37)38/h11-12,17-18,24-26H,5-10,13-16,19-23H2,1-4H3,(H,36,39)(H,37,38). The van der Waals surface area contributed by atoms with Gasteiger partial charge >= 0.3 is 5.97 Å². The summed E-state index contributed by atoms with van der Waals surface area (Å²) in [6.45, 7) is 10.2. The van der Waals surface area contributed by atoms with Crippen LogP contribution in [-0.2, 0) is 9.59 Å². The van der Waals surface area contributed by atoms with Crippen molar-refractivity contribution >= 4 is 23.6 Å². The Balaban J connectivity index is 2.30. The summed E-state index contributed by atoms with van der Waals surface area (Å²) >= 11 is 0. The number of para-hydroxylation sites is 2. The van der Waals surface area contributed by atoms with Crippen molar-refractivity contribution in [2.24, 2.45) is 0 Å². The lowest BCUT2D eigenvalue weighted by molar-refractivity contribution is -0.137. The van der Waals surface area contributed by atoms with Gasteiger partial charge in [0.25, 0.3) is 5.91 Å². The van der Waals surface area contributed by atoms with Crippen LogP contribution in [0.1, 0.15) is 104 Å². The van der Waals surface area contributed by atoms with Crippen molar-refractivity contribution in [1.29, 1.82) is 0 Å². The maximum Gasteiger partial charge on any atom is 0.303 e. The van der Waals surface area contributed by atoms with E-state index in [-0.39, 0.29) is 18.9 Å². The van der Waals surface area contributed by atoms with Crippen LogP contribution < -0.4 is 24.3 Å². The summed E-state index contributed by atoms with van der Waals surface area (Å²) in [5.41, 5.74) is 1.79. The van der Waals surface area contributed by atoms with Crippen LogP contribution in [0.4, 0.5) is 5.69 Å². The van der Waals surface area contributed by atoms with E-state index in [4.69, 9.17) is 24.1 Å². The fourth-order valence-electron chi connectivity index (χ4n) is 4.27. The number of amides is 1. The number of aliphatic carboxylic acids is 1. The Morgan fingerprint density at radius 3 is 1.79 bits per heavy atom. The van der Waals surface area contributed by atoms with Crippen molar-refractivity contribution in [2.75, 3.05) is 31.7 Å². The van der Waals surface area contributed by atoms with Crippen LogP contribution in [-0.4, -0.2) is 43.4 Å². The van der Waals surface area contributed by atoms with Gasteiger partial charge in [0, 0.05) is 12.0 Å². The van der Waals surface area contributed by atoms with E-state index in [1.54, 1.807) is 25.1 Å². The lowest BCUT2D eigenvalue weighted by Crippen LogP contribution is -2.14. The van der Waals surface area contributed by atoms with E-state index >= 15 is 0 Å². The summed E-state index contributed by atoms with van der Waals surface area (Å²) in [4.78, 5) is 24.0. The molecule has 0 aromatic heterocycles. The number of benzene rings is 2. The molecule has 0 aliphatic carbocycles. The number of carbonyl (C=O) groups excluding carboxylic acids is 1. The van der Waals surface area contributed by atoms with E-state index in [1.165, 1.54) is 0 Å². The molecule has 0 fully saturated rings. The second kappa shape index (κ2) is 21.1. The molecule has 0 unspecified atom stereocenters. The first kappa shape index (κ1) is 35.5. The van der Waals surface area contributed by atoms with Gasteiger partial charge < -0.3 is 29.4 Å². The number of nitrogens with one attached hydrogen (secondary N) is 1. The highest BCUT2D eigenvalue weighted by molar-refractivity contribution is 6.07. The molecule has 0 aliphatic rings. The third-order valence-corrected chi connectivity index (χ3v) is 6.72. The van der Waals surface area contributed by atoms with Crippen LogP contribution in [0, 0.1) is 0 Å². The van der Waals surface area contributed by atoms with Gasteiger partial charge in [-0.25, -0.2) is 0 Å². The predicted octanol–water partition coefficient (Wildman–Crippen LogP) is 8.68. The number of anilines is 1. The monoisotopic (exact) mass is 597 g/mol. The second-order valence-electron chi connectivity index (χ2n) is 10.6. The van der Waals surface area contributed by atoms with Crippen molar-refractivity contribution in [1.82, 2.24) is 0 Å². The highest BCUT2D eigenvalue weighted by Crippen LogP contribution is 2.40. The minimum Gasteiger partial charge on any atom is -0.491 e. The Bertz CT molecular complexity index is 1110. The number of ether oxygens (including phenoxy) is 4. The molecule has 2 N–H and O–H groups in total. The first-order chi connectivity index (χ1) is 20.9. The van der Waals surface area contributed by atoms with E-state index in [0.717, 1.165) is 63.4 Å². The molecule has 0 saturated carbocycles. The predicted molar refractivity (Wildman–Crippen MR) is 173 cm³/mol. The molecule has 0 radical (unpaired) electrons. The summed E-state index contributed by atoms with van der Waals surface area (Å²) < 4.78 is 24.4. The molecule has 0 bridgehead atoms. The normalized spacial score (nSPS) is 11.2. The van der Waals surface area contributed by atoms with E-state index in [2.05, 4.69) is 26.1 Å². The van der Waals surface area contributed by atoms with Crippen LogP contribution in [0.3, 0.4) is 0 Å². The Kier molecular flexibility index (Phi) is 17.4. The van der Waals surface area contributed by atoms with Gasteiger partial charge in [0.15, 0.2) is 11.5 Å². The maximum atomic E-state index is 13.2. The Hall–Kier alpha value is -3.68. The van der Waals surface area contributed by atoms with Gasteiger partial charge in [0.1, 0.15) is 5.75 Å². The molecule has 43 heavy (non-hydrogen) atoms. The molecule has 2 aromatic carbocycles. The largest absolute Gasteiger partial charge is 0.491 e. The molecule has 0 heterocycles. The third kappa shape index (κ3) is 13.9. The van der Waals surface area contributed by atoms with E-state index in [9.17, 15) is 9.59 Å². The van der Waals surface area contributed by atoms with Gasteiger partial charge in [-0.05, 0) is 68.5 Å². The lowest BCUT2D eigenvalue weighted by Gasteiger charge is -2.18. The van der Waals surface area contributed by atoms with E-state index in [1.807, 2.05) is 24.3 Å². The number of carbonyl (C=O) groups is 2. The molecule has 8 heteroatoms. The smallest absolute Gasteiger partial charge is 0.303 e. The van der Waals surface area contributed by atoms with Gasteiger partial charge in [-0.1, -0.05) is 71.4 Å². The van der Waals surface area contributed by atoms with Gasteiger partial charge in [-0.15, -0.1) is 0 Å². The van der Waals surface area contributed by atoms with Crippen molar-refractivity contribution < 1.29 is 33.6 Å². The van der Waals surface area contributed by atoms with Gasteiger partial charge in [0.2, 0.25) is 5.75 Å². The van der Waals surface area contributed by atoms with E-state index < -0.39 is 5.97 Å². The summed E-state index contributed by atoms with van der Waals surface area (Å²) in [6.07, 6.45) is 11.6. The lowest BCUT2D eigenvalue weighted by atomic mass is 10.1. The highest BCUT2D eigenvalue weighted by atomic mass is 16.5. The zero-order valence-electron chi connectivity index (χ0n) is 26.5. The van der Waals surface area contributed by atoms with Crippen LogP contribution in [0.2, 0.25) is 0 Å². The zero-order valence-corrected chi connectivity index (χ0v) is 26.5. The first-order valence-corrected chi connectivity index (χ1v) is 15.9. The molecule has 238 valence electrons. The van der Waals surface area contributed by atoms with Crippen LogP contribution in [0.5, 0.6) is 23.0 Å². The molecular weight excluding hydrogens is 546 g/mol. The molecule has 1 amide bonds. The molecule has 2 rings (SSSR count). The van der Waals surface area contributed by atoms with Crippen molar-refractivity contribution in [3.8, 4) is 23.0 Å². The van der Waals surface area contributed by atoms with Gasteiger partial charge in [-0.3, -0.25) is 9.59 Å². The third-order valence-electron chi connectivity index (χ3n) is 6.72. The Morgan fingerprint density at radius 1 is 0.721 bits per heavy atom. The molecule has 0 saturated heterocycles. The average Bonchev–Trinajstić information content (AvgIpc) is 2.99. The number of hydrogen-bond acceptors (Lipinski definition) is 6. The van der Waals surface area contributed by atoms with Crippen molar-refractivity contribution in [2.45, 2.75) is 98.3 Å². The molecule has 8 nitrogen and oxygen atoms in total. The number of carboxylic acids is 1. The quantitative estimate of drug-likeness (QED) is 0.0975. The van der Waals surface area contributed by atoms with Crippen molar-refractivity contribution in [3.63, 3.8) is 0 Å². The SMILES string of the molecule is CCCCCOc1cc(C=C(C)C(=O)Nc2ccccc2OCCCC(=O)O)cc(OCCCCC)c1OCCCCC. The molecule has 2 aromatic rings. The fourth-order valence-corrected chi connectivity index (χ4v) is 4.27. The summed E-state index contributed by atoms with van der Waals surface area (Å²) in [5.74, 6) is 1.21. The van der Waals surface area contributed by atoms with Gasteiger partial charge in [-0.2, -0.15) is 0 Å². The number of hydrogen-bond donors (Lipinski definition) is 2. The summed E-state index contributed by atoms with van der Waals surface area (Å²) in [7, 11) is 0. The number of rotatable bonds is 23. The van der Waals surface area contributed by atoms with Crippen LogP contribution in [0.25, 0.3) is 6.08 Å². The molecule has 0 aliphatic heterocycles. The fraction of sp³-hybridized carbons (Fsp3) is 0.543. The molecular formula is C35H51NO7. The summed E-state index contributed by atoms with van der Waals surface area (Å²) in [5, 5.41) is 11.8. The van der Waals surface area contributed by atoms with Crippen LogP contribution >= 0.6 is 0 Å². The zero-order chi connectivity index (χ0) is 31.3. The minimum absolute atomic E-state index is 0.0214. The topological polar surface area (TPSA) is 103 Å². The first-order valence-electron chi connectivity index (χ1n) is 15.9. The number of carboxylic acid groups (broad SMARTS) is 1.